The van der Waals surface area contributed by atoms with E-state index in [0.29, 0.717) is 23.6 Å². The van der Waals surface area contributed by atoms with Gasteiger partial charge >= 0.3 is 0 Å². The van der Waals surface area contributed by atoms with Gasteiger partial charge in [-0.2, -0.15) is 4.98 Å². The summed E-state index contributed by atoms with van der Waals surface area (Å²) < 4.78 is 5.11. The molecule has 1 aliphatic heterocycles. The zero-order valence-electron chi connectivity index (χ0n) is 15.4. The molecular weight excluding hydrogens is 326 g/mol. The fourth-order valence-electron chi connectivity index (χ4n) is 4.60. The molecule has 0 spiro atoms. The molecule has 2 aliphatic rings. The SMILES string of the molecule is Cc1nc(C2CCN(C(=O)C(c3ccccc3)C3CCCC3)CC2)no1. The number of piperidine rings is 1. The fourth-order valence-corrected chi connectivity index (χ4v) is 4.60. The van der Waals surface area contributed by atoms with Crippen LogP contribution in [0.2, 0.25) is 0 Å². The van der Waals surface area contributed by atoms with Crippen molar-refractivity contribution in [1.29, 1.82) is 0 Å². The minimum Gasteiger partial charge on any atom is -0.342 e. The van der Waals surface area contributed by atoms with E-state index < -0.39 is 0 Å². The fraction of sp³-hybridized carbons (Fsp3) is 0.571. The lowest BCUT2D eigenvalue weighted by Crippen LogP contribution is -2.42. The van der Waals surface area contributed by atoms with E-state index in [-0.39, 0.29) is 5.92 Å². The molecule has 1 aromatic heterocycles. The van der Waals surface area contributed by atoms with E-state index in [1.807, 2.05) is 13.0 Å². The average molecular weight is 353 g/mol. The van der Waals surface area contributed by atoms with Crippen LogP contribution >= 0.6 is 0 Å². The van der Waals surface area contributed by atoms with Gasteiger partial charge in [0.2, 0.25) is 11.8 Å². The highest BCUT2D eigenvalue weighted by molar-refractivity contribution is 5.84. The second-order valence-corrected chi connectivity index (χ2v) is 7.70. The number of amides is 1. The molecule has 0 radical (unpaired) electrons. The van der Waals surface area contributed by atoms with Crippen LogP contribution in [0.25, 0.3) is 0 Å². The van der Waals surface area contributed by atoms with Gasteiger partial charge in [-0.05, 0) is 37.2 Å². The summed E-state index contributed by atoms with van der Waals surface area (Å²) in [6.07, 6.45) is 6.67. The van der Waals surface area contributed by atoms with Crippen molar-refractivity contribution >= 4 is 5.91 Å². The van der Waals surface area contributed by atoms with Crippen molar-refractivity contribution in [2.24, 2.45) is 5.92 Å². The Morgan fingerprint density at radius 3 is 2.42 bits per heavy atom. The number of hydrogen-bond donors (Lipinski definition) is 0. The van der Waals surface area contributed by atoms with Crippen LogP contribution in [0.15, 0.2) is 34.9 Å². The summed E-state index contributed by atoms with van der Waals surface area (Å²) in [5.41, 5.74) is 1.18. The van der Waals surface area contributed by atoms with Gasteiger partial charge in [0.1, 0.15) is 0 Å². The van der Waals surface area contributed by atoms with E-state index in [9.17, 15) is 4.79 Å². The largest absolute Gasteiger partial charge is 0.342 e. The van der Waals surface area contributed by atoms with Crippen molar-refractivity contribution < 1.29 is 9.32 Å². The molecule has 5 heteroatoms. The number of carbonyl (C=O) groups is 1. The number of aromatic nitrogens is 2. The van der Waals surface area contributed by atoms with E-state index in [1.54, 1.807) is 0 Å². The molecule has 26 heavy (non-hydrogen) atoms. The Balaban J connectivity index is 1.46. The maximum Gasteiger partial charge on any atom is 0.230 e. The van der Waals surface area contributed by atoms with Gasteiger partial charge in [-0.1, -0.05) is 48.3 Å². The zero-order valence-corrected chi connectivity index (χ0v) is 15.4. The standard InChI is InChI=1S/C21H27N3O2/c1-15-22-20(23-26-15)18-11-13-24(14-12-18)21(25)19(17-9-5-6-10-17)16-7-3-2-4-8-16/h2-4,7-8,17-19H,5-6,9-14H2,1H3. The average Bonchev–Trinajstić information content (AvgIpc) is 3.35. The summed E-state index contributed by atoms with van der Waals surface area (Å²) in [5, 5.41) is 4.07. The molecule has 2 fully saturated rings. The summed E-state index contributed by atoms with van der Waals surface area (Å²) in [6, 6.07) is 10.4. The van der Waals surface area contributed by atoms with Crippen LogP contribution in [0.5, 0.6) is 0 Å². The molecule has 4 rings (SSSR count). The van der Waals surface area contributed by atoms with Crippen LogP contribution in [-0.2, 0) is 4.79 Å². The number of nitrogens with zero attached hydrogens (tertiary/aromatic N) is 3. The highest BCUT2D eigenvalue weighted by Crippen LogP contribution is 2.39. The first-order valence-electron chi connectivity index (χ1n) is 9.86. The van der Waals surface area contributed by atoms with Crippen molar-refractivity contribution in [2.75, 3.05) is 13.1 Å². The normalized spacial score (nSPS) is 20.4. The molecule has 2 aromatic rings. The number of aryl methyl sites for hydroxylation is 1. The molecule has 1 unspecified atom stereocenters. The van der Waals surface area contributed by atoms with Crippen LogP contribution < -0.4 is 0 Å². The van der Waals surface area contributed by atoms with Crippen LogP contribution in [0, 0.1) is 12.8 Å². The molecule has 1 atom stereocenters. The van der Waals surface area contributed by atoms with Crippen molar-refractivity contribution in [2.45, 2.75) is 57.3 Å². The lowest BCUT2D eigenvalue weighted by Gasteiger charge is -2.35. The van der Waals surface area contributed by atoms with Crippen LogP contribution in [0.1, 0.15) is 67.6 Å². The third kappa shape index (κ3) is 3.53. The minimum absolute atomic E-state index is 0.0164. The number of carbonyl (C=O) groups excluding carboxylic acids is 1. The number of rotatable bonds is 4. The number of benzene rings is 1. The van der Waals surface area contributed by atoms with Gasteiger partial charge in [0, 0.05) is 25.9 Å². The molecule has 1 amide bonds. The summed E-state index contributed by atoms with van der Waals surface area (Å²) in [7, 11) is 0. The Bertz CT molecular complexity index is 729. The molecule has 5 nitrogen and oxygen atoms in total. The molecule has 1 saturated carbocycles. The van der Waals surface area contributed by atoms with E-state index in [4.69, 9.17) is 4.52 Å². The Hall–Kier alpha value is -2.17. The van der Waals surface area contributed by atoms with Gasteiger partial charge in [0.25, 0.3) is 0 Å². The Kier molecular flexibility index (Phi) is 5.05. The summed E-state index contributed by atoms with van der Waals surface area (Å²) in [5.74, 6) is 2.53. The van der Waals surface area contributed by atoms with Crippen LogP contribution in [0.3, 0.4) is 0 Å². The molecule has 2 heterocycles. The van der Waals surface area contributed by atoms with Crippen LogP contribution in [-0.4, -0.2) is 34.0 Å². The topological polar surface area (TPSA) is 59.2 Å². The van der Waals surface area contributed by atoms with E-state index in [0.717, 1.165) is 31.8 Å². The maximum atomic E-state index is 13.4. The van der Waals surface area contributed by atoms with Gasteiger partial charge in [-0.3, -0.25) is 4.79 Å². The molecule has 1 aliphatic carbocycles. The Morgan fingerprint density at radius 2 is 1.81 bits per heavy atom. The van der Waals surface area contributed by atoms with E-state index in [2.05, 4.69) is 39.3 Å². The second kappa shape index (κ2) is 7.60. The smallest absolute Gasteiger partial charge is 0.230 e. The molecule has 1 aromatic carbocycles. The first-order chi connectivity index (χ1) is 12.7. The van der Waals surface area contributed by atoms with Gasteiger partial charge < -0.3 is 9.42 Å². The van der Waals surface area contributed by atoms with Gasteiger partial charge in [0.15, 0.2) is 5.82 Å². The lowest BCUT2D eigenvalue weighted by molar-refractivity contribution is -0.135. The Labute approximate surface area is 154 Å². The summed E-state index contributed by atoms with van der Waals surface area (Å²) >= 11 is 0. The first-order valence-corrected chi connectivity index (χ1v) is 9.86. The van der Waals surface area contributed by atoms with Crippen molar-refractivity contribution in [3.05, 3.63) is 47.6 Å². The maximum absolute atomic E-state index is 13.4. The third-order valence-corrected chi connectivity index (χ3v) is 6.01. The van der Waals surface area contributed by atoms with Gasteiger partial charge in [-0.15, -0.1) is 0 Å². The Morgan fingerprint density at radius 1 is 1.12 bits per heavy atom. The van der Waals surface area contributed by atoms with Crippen molar-refractivity contribution in [3.63, 3.8) is 0 Å². The van der Waals surface area contributed by atoms with E-state index >= 15 is 0 Å². The monoisotopic (exact) mass is 353 g/mol. The van der Waals surface area contributed by atoms with Gasteiger partial charge in [0.05, 0.1) is 5.92 Å². The number of hydrogen-bond acceptors (Lipinski definition) is 4. The van der Waals surface area contributed by atoms with Crippen LogP contribution in [0.4, 0.5) is 0 Å². The number of likely N-dealkylation sites (tertiary alicyclic amines) is 1. The summed E-state index contributed by atoms with van der Waals surface area (Å²) in [6.45, 7) is 3.39. The van der Waals surface area contributed by atoms with Crippen molar-refractivity contribution in [3.8, 4) is 0 Å². The van der Waals surface area contributed by atoms with E-state index in [1.165, 1.54) is 31.2 Å². The molecule has 1 saturated heterocycles. The predicted octanol–water partition coefficient (Wildman–Crippen LogP) is 4.06. The van der Waals surface area contributed by atoms with Gasteiger partial charge in [-0.25, -0.2) is 0 Å². The summed E-state index contributed by atoms with van der Waals surface area (Å²) in [4.78, 5) is 19.8. The predicted molar refractivity (Wildman–Crippen MR) is 98.7 cm³/mol. The first kappa shape index (κ1) is 17.3. The molecule has 138 valence electrons. The highest BCUT2D eigenvalue weighted by atomic mass is 16.5. The third-order valence-electron chi connectivity index (χ3n) is 6.01. The molecule has 0 bridgehead atoms. The second-order valence-electron chi connectivity index (χ2n) is 7.70. The molecular formula is C21H27N3O2. The lowest BCUT2D eigenvalue weighted by atomic mass is 9.83. The molecule has 0 N–H and O–H groups in total. The quantitative estimate of drug-likeness (QED) is 0.832. The zero-order chi connectivity index (χ0) is 17.9. The highest BCUT2D eigenvalue weighted by Gasteiger charge is 2.36. The van der Waals surface area contributed by atoms with Crippen molar-refractivity contribution in [1.82, 2.24) is 15.0 Å². The minimum atomic E-state index is 0.0164.